The van der Waals surface area contributed by atoms with E-state index in [1.54, 1.807) is 0 Å². The SMILES string of the molecule is Cc1ccc2c(c1C)OCC2NC(=O)C1CC1C(=O)O. The van der Waals surface area contributed by atoms with E-state index >= 15 is 0 Å². The summed E-state index contributed by atoms with van der Waals surface area (Å²) in [6, 6.07) is 3.81. The van der Waals surface area contributed by atoms with Gasteiger partial charge in [0.15, 0.2) is 0 Å². The zero-order valence-electron chi connectivity index (χ0n) is 11.5. The van der Waals surface area contributed by atoms with Gasteiger partial charge in [-0.2, -0.15) is 0 Å². The van der Waals surface area contributed by atoms with Crippen molar-refractivity contribution in [2.45, 2.75) is 26.3 Å². The summed E-state index contributed by atoms with van der Waals surface area (Å²) in [5, 5.41) is 11.8. The van der Waals surface area contributed by atoms with Gasteiger partial charge in [-0.1, -0.05) is 12.1 Å². The highest BCUT2D eigenvalue weighted by Crippen LogP contribution is 2.41. The number of aliphatic carboxylic acids is 1. The van der Waals surface area contributed by atoms with E-state index in [-0.39, 0.29) is 17.9 Å². The number of carboxylic acid groups (broad SMARTS) is 1. The van der Waals surface area contributed by atoms with Crippen LogP contribution in [-0.4, -0.2) is 23.6 Å². The first-order valence-electron chi connectivity index (χ1n) is 6.75. The molecular weight excluding hydrogens is 258 g/mol. The Morgan fingerprint density at radius 3 is 2.70 bits per heavy atom. The molecule has 2 aliphatic rings. The van der Waals surface area contributed by atoms with Crippen molar-refractivity contribution in [1.82, 2.24) is 5.32 Å². The highest BCUT2D eigenvalue weighted by molar-refractivity contribution is 5.89. The maximum Gasteiger partial charge on any atom is 0.307 e. The Labute approximate surface area is 116 Å². The van der Waals surface area contributed by atoms with Crippen LogP contribution in [0.2, 0.25) is 0 Å². The fraction of sp³-hybridized carbons (Fsp3) is 0.467. The van der Waals surface area contributed by atoms with Crippen molar-refractivity contribution >= 4 is 11.9 Å². The van der Waals surface area contributed by atoms with Crippen LogP contribution in [-0.2, 0) is 9.59 Å². The van der Waals surface area contributed by atoms with E-state index in [4.69, 9.17) is 9.84 Å². The zero-order valence-corrected chi connectivity index (χ0v) is 11.5. The molecule has 0 radical (unpaired) electrons. The van der Waals surface area contributed by atoms with Crippen LogP contribution in [0.15, 0.2) is 12.1 Å². The molecule has 20 heavy (non-hydrogen) atoms. The number of hydrogen-bond donors (Lipinski definition) is 2. The standard InChI is InChI=1S/C15H17NO4/c1-7-3-4-9-12(6-20-13(9)8(7)2)16-14(17)10-5-11(10)15(18)19/h3-4,10-12H,5-6H2,1-2H3,(H,16,17)(H,18,19). The lowest BCUT2D eigenvalue weighted by Gasteiger charge is -2.12. The normalized spacial score (nSPS) is 26.6. The van der Waals surface area contributed by atoms with Gasteiger partial charge in [0.1, 0.15) is 12.4 Å². The van der Waals surface area contributed by atoms with Crippen LogP contribution >= 0.6 is 0 Å². The van der Waals surface area contributed by atoms with Gasteiger partial charge in [0.2, 0.25) is 5.91 Å². The number of carboxylic acids is 1. The molecule has 1 heterocycles. The van der Waals surface area contributed by atoms with Crippen molar-refractivity contribution in [2.24, 2.45) is 11.8 Å². The van der Waals surface area contributed by atoms with E-state index in [2.05, 4.69) is 5.32 Å². The van der Waals surface area contributed by atoms with Crippen LogP contribution < -0.4 is 10.1 Å². The summed E-state index contributed by atoms with van der Waals surface area (Å²) in [4.78, 5) is 22.8. The molecule has 2 N–H and O–H groups in total. The second-order valence-electron chi connectivity index (χ2n) is 5.58. The number of ether oxygens (including phenoxy) is 1. The van der Waals surface area contributed by atoms with Crippen LogP contribution in [0.4, 0.5) is 0 Å². The monoisotopic (exact) mass is 275 g/mol. The fourth-order valence-corrected chi connectivity index (χ4v) is 2.69. The Balaban J connectivity index is 1.72. The number of rotatable bonds is 3. The Morgan fingerprint density at radius 1 is 1.30 bits per heavy atom. The van der Waals surface area contributed by atoms with E-state index in [1.165, 1.54) is 0 Å². The van der Waals surface area contributed by atoms with E-state index in [9.17, 15) is 9.59 Å². The highest BCUT2D eigenvalue weighted by atomic mass is 16.5. The first kappa shape index (κ1) is 13.0. The maximum atomic E-state index is 12.0. The minimum Gasteiger partial charge on any atom is -0.490 e. The third-order valence-electron chi connectivity index (χ3n) is 4.24. The molecule has 1 saturated carbocycles. The van der Waals surface area contributed by atoms with Crippen molar-refractivity contribution in [3.8, 4) is 5.75 Å². The van der Waals surface area contributed by atoms with Crippen molar-refractivity contribution in [1.29, 1.82) is 0 Å². The molecule has 1 aliphatic carbocycles. The summed E-state index contributed by atoms with van der Waals surface area (Å²) in [6.07, 6.45) is 0.439. The Morgan fingerprint density at radius 2 is 2.05 bits per heavy atom. The van der Waals surface area contributed by atoms with Gasteiger partial charge in [-0.15, -0.1) is 0 Å². The average molecular weight is 275 g/mol. The van der Waals surface area contributed by atoms with Gasteiger partial charge in [0.25, 0.3) is 0 Å². The molecule has 5 nitrogen and oxygen atoms in total. The number of benzene rings is 1. The number of amides is 1. The quantitative estimate of drug-likeness (QED) is 0.878. The highest BCUT2D eigenvalue weighted by Gasteiger charge is 2.49. The predicted molar refractivity (Wildman–Crippen MR) is 71.5 cm³/mol. The Kier molecular flexibility index (Phi) is 2.92. The van der Waals surface area contributed by atoms with Crippen molar-refractivity contribution in [3.63, 3.8) is 0 Å². The first-order chi connectivity index (χ1) is 9.49. The molecule has 0 bridgehead atoms. The van der Waals surface area contributed by atoms with Gasteiger partial charge in [-0.05, 0) is 31.4 Å². The topological polar surface area (TPSA) is 75.6 Å². The van der Waals surface area contributed by atoms with Crippen LogP contribution in [0.1, 0.15) is 29.2 Å². The molecule has 1 amide bonds. The third kappa shape index (κ3) is 2.03. The summed E-state index contributed by atoms with van der Waals surface area (Å²) in [7, 11) is 0. The second-order valence-corrected chi connectivity index (χ2v) is 5.58. The minimum atomic E-state index is -0.889. The summed E-state index contributed by atoms with van der Waals surface area (Å²) >= 11 is 0. The largest absolute Gasteiger partial charge is 0.490 e. The van der Waals surface area contributed by atoms with Gasteiger partial charge in [-0.25, -0.2) is 0 Å². The Bertz CT molecular complexity index is 596. The van der Waals surface area contributed by atoms with Crippen LogP contribution in [0.5, 0.6) is 5.75 Å². The second kappa shape index (κ2) is 4.51. The van der Waals surface area contributed by atoms with Gasteiger partial charge in [0, 0.05) is 5.56 Å². The minimum absolute atomic E-state index is 0.174. The van der Waals surface area contributed by atoms with Gasteiger partial charge in [-0.3, -0.25) is 9.59 Å². The predicted octanol–water partition coefficient (Wildman–Crippen LogP) is 1.57. The molecule has 3 atom stereocenters. The van der Waals surface area contributed by atoms with Crippen LogP contribution in [0.25, 0.3) is 0 Å². The van der Waals surface area contributed by atoms with Gasteiger partial charge >= 0.3 is 5.97 Å². The molecule has 1 aromatic rings. The molecule has 1 fully saturated rings. The van der Waals surface area contributed by atoms with Crippen LogP contribution in [0.3, 0.4) is 0 Å². The molecule has 0 aromatic heterocycles. The zero-order chi connectivity index (χ0) is 14.4. The van der Waals surface area contributed by atoms with E-state index in [0.717, 1.165) is 22.4 Å². The first-order valence-corrected chi connectivity index (χ1v) is 6.75. The average Bonchev–Trinajstić information content (AvgIpc) is 3.11. The van der Waals surface area contributed by atoms with Crippen molar-refractivity contribution < 1.29 is 19.4 Å². The number of carbonyl (C=O) groups is 2. The van der Waals surface area contributed by atoms with Crippen molar-refractivity contribution in [3.05, 3.63) is 28.8 Å². The number of fused-ring (bicyclic) bond motifs is 1. The maximum absolute atomic E-state index is 12.0. The molecule has 1 aliphatic heterocycles. The molecule has 3 unspecified atom stereocenters. The molecule has 0 spiro atoms. The lowest BCUT2D eigenvalue weighted by molar-refractivity contribution is -0.140. The lowest BCUT2D eigenvalue weighted by Crippen LogP contribution is -2.31. The van der Waals surface area contributed by atoms with Gasteiger partial charge in [0.05, 0.1) is 17.9 Å². The fourth-order valence-electron chi connectivity index (χ4n) is 2.69. The molecule has 3 rings (SSSR count). The molecule has 5 heteroatoms. The van der Waals surface area contributed by atoms with E-state index in [1.807, 2.05) is 26.0 Å². The number of hydrogen-bond acceptors (Lipinski definition) is 3. The summed E-state index contributed by atoms with van der Waals surface area (Å²) in [6.45, 7) is 4.43. The third-order valence-corrected chi connectivity index (χ3v) is 4.24. The summed E-state index contributed by atoms with van der Waals surface area (Å²) < 4.78 is 5.67. The molecule has 106 valence electrons. The van der Waals surface area contributed by atoms with Crippen LogP contribution in [0, 0.1) is 25.7 Å². The van der Waals surface area contributed by atoms with E-state index in [0.29, 0.717) is 13.0 Å². The summed E-state index contributed by atoms with van der Waals surface area (Å²) in [5.41, 5.74) is 3.23. The van der Waals surface area contributed by atoms with Gasteiger partial charge < -0.3 is 15.2 Å². The van der Waals surface area contributed by atoms with Crippen molar-refractivity contribution in [2.75, 3.05) is 6.61 Å². The Hall–Kier alpha value is -2.04. The number of aryl methyl sites for hydroxylation is 1. The smallest absolute Gasteiger partial charge is 0.307 e. The summed E-state index contributed by atoms with van der Waals surface area (Å²) in [5.74, 6) is -1.13. The van der Waals surface area contributed by atoms with E-state index < -0.39 is 11.9 Å². The number of nitrogens with one attached hydrogen (secondary N) is 1. The lowest BCUT2D eigenvalue weighted by atomic mass is 10.0. The molecular formula is C15H17NO4. The molecule has 1 aromatic carbocycles. The molecule has 0 saturated heterocycles. The number of carbonyl (C=O) groups excluding carboxylic acids is 1.